The van der Waals surface area contributed by atoms with E-state index in [1.54, 1.807) is 11.8 Å². The van der Waals surface area contributed by atoms with E-state index in [1.165, 1.54) is 12.1 Å². The van der Waals surface area contributed by atoms with Gasteiger partial charge in [-0.05, 0) is 13.0 Å². The van der Waals surface area contributed by atoms with Crippen LogP contribution in [0.3, 0.4) is 0 Å². The third-order valence-electron chi connectivity index (χ3n) is 2.95. The highest BCUT2D eigenvalue weighted by molar-refractivity contribution is 5.86. The van der Waals surface area contributed by atoms with Crippen molar-refractivity contribution < 1.29 is 14.1 Å². The molecule has 0 aliphatic carbocycles. The van der Waals surface area contributed by atoms with Crippen LogP contribution in [-0.2, 0) is 4.79 Å². The average molecular weight is 253 g/mol. The van der Waals surface area contributed by atoms with Crippen molar-refractivity contribution in [1.82, 2.24) is 5.32 Å². The predicted octanol–water partition coefficient (Wildman–Crippen LogP) is 1.06. The zero-order valence-electron chi connectivity index (χ0n) is 9.72. The summed E-state index contributed by atoms with van der Waals surface area (Å²) in [6.07, 6.45) is 0. The van der Waals surface area contributed by atoms with Gasteiger partial charge in [-0.2, -0.15) is 0 Å². The fourth-order valence-corrected chi connectivity index (χ4v) is 1.95. The molecule has 0 bridgehead atoms. The highest BCUT2D eigenvalue weighted by Crippen LogP contribution is 2.26. The van der Waals surface area contributed by atoms with Crippen LogP contribution in [0.2, 0.25) is 0 Å². The molecule has 0 aromatic heterocycles. The Labute approximate surface area is 103 Å². The van der Waals surface area contributed by atoms with E-state index >= 15 is 0 Å². The number of nitrogens with zero attached hydrogens (tertiary/aromatic N) is 2. The second kappa shape index (κ2) is 4.59. The van der Waals surface area contributed by atoms with Crippen molar-refractivity contribution in [1.29, 1.82) is 0 Å². The van der Waals surface area contributed by atoms with Crippen LogP contribution in [0.15, 0.2) is 18.2 Å². The number of non-ortho nitro benzene ring substituents is 1. The number of carbonyl (C=O) groups excluding carboxylic acids is 1. The maximum absolute atomic E-state index is 13.8. The second-order valence-electron chi connectivity index (χ2n) is 4.05. The summed E-state index contributed by atoms with van der Waals surface area (Å²) >= 11 is 0. The minimum absolute atomic E-state index is 0.181. The molecule has 1 N–H and O–H groups in total. The van der Waals surface area contributed by atoms with Crippen LogP contribution in [0, 0.1) is 15.9 Å². The summed E-state index contributed by atoms with van der Waals surface area (Å²) in [7, 11) is 0. The summed E-state index contributed by atoms with van der Waals surface area (Å²) in [6.45, 7) is 2.57. The minimum Gasteiger partial charge on any atom is -0.356 e. The lowest BCUT2D eigenvalue weighted by molar-refractivity contribution is -0.385. The summed E-state index contributed by atoms with van der Waals surface area (Å²) in [4.78, 5) is 22.9. The molecule has 1 aliphatic heterocycles. The van der Waals surface area contributed by atoms with Crippen molar-refractivity contribution in [3.8, 4) is 0 Å². The molecule has 96 valence electrons. The van der Waals surface area contributed by atoms with Gasteiger partial charge in [0.2, 0.25) is 5.91 Å². The van der Waals surface area contributed by atoms with Crippen molar-refractivity contribution in [2.45, 2.75) is 13.0 Å². The SMILES string of the molecule is CC1C(=O)NCCN1c1ccc([N+](=O)[O-])cc1F. The van der Waals surface area contributed by atoms with Gasteiger partial charge >= 0.3 is 0 Å². The van der Waals surface area contributed by atoms with Gasteiger partial charge in [-0.1, -0.05) is 0 Å². The molecule has 0 radical (unpaired) electrons. The molecule has 18 heavy (non-hydrogen) atoms. The van der Waals surface area contributed by atoms with Gasteiger partial charge in [0.1, 0.15) is 6.04 Å². The first-order valence-electron chi connectivity index (χ1n) is 5.49. The maximum atomic E-state index is 13.8. The van der Waals surface area contributed by atoms with E-state index in [9.17, 15) is 19.3 Å². The van der Waals surface area contributed by atoms with Crippen molar-refractivity contribution in [2.24, 2.45) is 0 Å². The first-order valence-corrected chi connectivity index (χ1v) is 5.49. The Balaban J connectivity index is 2.33. The second-order valence-corrected chi connectivity index (χ2v) is 4.05. The fourth-order valence-electron chi connectivity index (χ4n) is 1.95. The lowest BCUT2D eigenvalue weighted by atomic mass is 10.1. The lowest BCUT2D eigenvalue weighted by Crippen LogP contribution is -2.54. The minimum atomic E-state index is -0.689. The van der Waals surface area contributed by atoms with Crippen LogP contribution in [0.1, 0.15) is 6.92 Å². The highest BCUT2D eigenvalue weighted by Gasteiger charge is 2.27. The van der Waals surface area contributed by atoms with Crippen molar-refractivity contribution in [3.05, 3.63) is 34.1 Å². The molecule has 7 heteroatoms. The van der Waals surface area contributed by atoms with E-state index in [2.05, 4.69) is 5.32 Å². The Morgan fingerprint density at radius 1 is 1.56 bits per heavy atom. The number of amides is 1. The van der Waals surface area contributed by atoms with Gasteiger partial charge in [0.05, 0.1) is 16.7 Å². The van der Waals surface area contributed by atoms with Gasteiger partial charge in [-0.25, -0.2) is 4.39 Å². The Hall–Kier alpha value is -2.18. The molecule has 1 amide bonds. The predicted molar refractivity (Wildman–Crippen MR) is 62.9 cm³/mol. The van der Waals surface area contributed by atoms with E-state index in [0.717, 1.165) is 6.07 Å². The quantitative estimate of drug-likeness (QED) is 0.631. The van der Waals surface area contributed by atoms with E-state index in [-0.39, 0.29) is 17.3 Å². The number of benzene rings is 1. The van der Waals surface area contributed by atoms with Crippen molar-refractivity contribution in [2.75, 3.05) is 18.0 Å². The van der Waals surface area contributed by atoms with Gasteiger partial charge < -0.3 is 10.2 Å². The third kappa shape index (κ3) is 2.11. The number of carbonyl (C=O) groups is 1. The molecule has 1 aromatic rings. The first-order chi connectivity index (χ1) is 8.50. The van der Waals surface area contributed by atoms with Crippen LogP contribution < -0.4 is 10.2 Å². The number of nitro benzene ring substituents is 1. The van der Waals surface area contributed by atoms with E-state index < -0.39 is 16.8 Å². The zero-order chi connectivity index (χ0) is 13.3. The number of hydrogen-bond acceptors (Lipinski definition) is 4. The van der Waals surface area contributed by atoms with Gasteiger partial charge in [-0.3, -0.25) is 14.9 Å². The number of hydrogen-bond donors (Lipinski definition) is 1. The lowest BCUT2D eigenvalue weighted by Gasteiger charge is -2.34. The number of halogens is 1. The largest absolute Gasteiger partial charge is 0.356 e. The smallest absolute Gasteiger partial charge is 0.272 e. The molecule has 1 atom stereocenters. The van der Waals surface area contributed by atoms with Gasteiger partial charge in [-0.15, -0.1) is 0 Å². The molecule has 1 saturated heterocycles. The van der Waals surface area contributed by atoms with Crippen molar-refractivity contribution >= 4 is 17.3 Å². The Bertz CT molecular complexity index is 506. The van der Waals surface area contributed by atoms with E-state index in [1.807, 2.05) is 0 Å². The highest BCUT2D eigenvalue weighted by atomic mass is 19.1. The topological polar surface area (TPSA) is 75.5 Å². The summed E-state index contributed by atoms with van der Waals surface area (Å²) < 4.78 is 13.8. The number of nitro groups is 1. The maximum Gasteiger partial charge on any atom is 0.272 e. The fraction of sp³-hybridized carbons (Fsp3) is 0.364. The van der Waals surface area contributed by atoms with Crippen LogP contribution in [0.5, 0.6) is 0 Å². The molecule has 1 fully saturated rings. The molecule has 0 saturated carbocycles. The Kier molecular flexibility index (Phi) is 3.14. The molecule has 0 spiro atoms. The molecular formula is C11H12FN3O3. The zero-order valence-corrected chi connectivity index (χ0v) is 9.72. The Morgan fingerprint density at radius 3 is 2.89 bits per heavy atom. The molecule has 1 heterocycles. The van der Waals surface area contributed by atoms with Gasteiger partial charge in [0.25, 0.3) is 5.69 Å². The molecule has 1 aromatic carbocycles. The first kappa shape index (κ1) is 12.3. The van der Waals surface area contributed by atoms with Crippen molar-refractivity contribution in [3.63, 3.8) is 0 Å². The monoisotopic (exact) mass is 253 g/mol. The van der Waals surface area contributed by atoms with E-state index in [0.29, 0.717) is 13.1 Å². The number of rotatable bonds is 2. The third-order valence-corrected chi connectivity index (χ3v) is 2.95. The van der Waals surface area contributed by atoms with Gasteiger partial charge in [0.15, 0.2) is 5.82 Å². The molecular weight excluding hydrogens is 241 g/mol. The Morgan fingerprint density at radius 2 is 2.28 bits per heavy atom. The molecule has 6 nitrogen and oxygen atoms in total. The van der Waals surface area contributed by atoms with Crippen LogP contribution in [0.25, 0.3) is 0 Å². The van der Waals surface area contributed by atoms with E-state index in [4.69, 9.17) is 0 Å². The number of anilines is 1. The van der Waals surface area contributed by atoms with Crippen LogP contribution >= 0.6 is 0 Å². The standard InChI is InChI=1S/C11H12FN3O3/c1-7-11(16)13-4-5-14(7)10-3-2-8(15(17)18)6-9(10)12/h2-3,6-7H,4-5H2,1H3,(H,13,16). The van der Waals surface area contributed by atoms with Gasteiger partial charge in [0, 0.05) is 19.2 Å². The molecule has 1 aliphatic rings. The summed E-state index contributed by atoms with van der Waals surface area (Å²) in [5, 5.41) is 13.2. The normalized spacial score (nSPS) is 19.6. The summed E-state index contributed by atoms with van der Waals surface area (Å²) in [6, 6.07) is 2.95. The average Bonchev–Trinajstić information content (AvgIpc) is 2.33. The number of piperazine rings is 1. The molecule has 1 unspecified atom stereocenters. The number of nitrogens with one attached hydrogen (secondary N) is 1. The van der Waals surface area contributed by atoms with Crippen LogP contribution in [-0.4, -0.2) is 30.0 Å². The summed E-state index contributed by atoms with van der Waals surface area (Å²) in [5.41, 5.74) is -0.0895. The van der Waals surface area contributed by atoms with Crippen LogP contribution in [0.4, 0.5) is 15.8 Å². The summed E-state index contributed by atoms with van der Waals surface area (Å²) in [5.74, 6) is -0.871. The molecule has 2 rings (SSSR count).